The molecular weight excluding hydrogens is 404 g/mol. The zero-order valence-electron chi connectivity index (χ0n) is 15.9. The lowest BCUT2D eigenvalue weighted by Gasteiger charge is -2.06. The Morgan fingerprint density at radius 3 is 2.39 bits per heavy atom. The predicted molar refractivity (Wildman–Crippen MR) is 110 cm³/mol. The van der Waals surface area contributed by atoms with E-state index in [9.17, 15) is 25.0 Å². The fraction of sp³-hybridized carbons (Fsp3) is 0.0476. The van der Waals surface area contributed by atoms with Crippen LogP contribution in [0.5, 0.6) is 5.75 Å². The Kier molecular flexibility index (Phi) is 5.10. The smallest absolute Gasteiger partial charge is 0.315 e. The van der Waals surface area contributed by atoms with Crippen molar-refractivity contribution in [2.24, 2.45) is 0 Å². The molecule has 10 nitrogen and oxygen atoms in total. The summed E-state index contributed by atoms with van der Waals surface area (Å²) in [5.74, 6) is -0.339. The van der Waals surface area contributed by atoms with E-state index in [1.807, 2.05) is 0 Å². The normalized spacial score (nSPS) is 10.7. The van der Waals surface area contributed by atoms with Gasteiger partial charge in [0.25, 0.3) is 11.4 Å². The van der Waals surface area contributed by atoms with Gasteiger partial charge >= 0.3 is 5.97 Å². The summed E-state index contributed by atoms with van der Waals surface area (Å²) in [6, 6.07) is 15.5. The number of hydrogen-bond acceptors (Lipinski definition) is 7. The Hall–Kier alpha value is -4.60. The van der Waals surface area contributed by atoms with Crippen molar-refractivity contribution in [1.82, 2.24) is 9.38 Å². The van der Waals surface area contributed by atoms with Gasteiger partial charge in [-0.3, -0.25) is 29.4 Å². The lowest BCUT2D eigenvalue weighted by molar-refractivity contribution is -0.385. The summed E-state index contributed by atoms with van der Waals surface area (Å²) in [4.78, 5) is 37.6. The first kappa shape index (κ1) is 19.7. The van der Waals surface area contributed by atoms with Gasteiger partial charge in [0.05, 0.1) is 28.2 Å². The fourth-order valence-electron chi connectivity index (χ4n) is 3.08. The summed E-state index contributed by atoms with van der Waals surface area (Å²) in [5.41, 5.74) is 1.97. The number of carbonyl (C=O) groups is 1. The highest BCUT2D eigenvalue weighted by atomic mass is 16.6. The number of esters is 1. The molecule has 2 aromatic heterocycles. The second-order valence-electron chi connectivity index (χ2n) is 6.60. The maximum atomic E-state index is 12.2. The molecule has 0 bridgehead atoms. The van der Waals surface area contributed by atoms with Crippen LogP contribution in [0.15, 0.2) is 73.1 Å². The van der Waals surface area contributed by atoms with Gasteiger partial charge in [0.2, 0.25) is 0 Å². The van der Waals surface area contributed by atoms with Crippen molar-refractivity contribution in [3.63, 3.8) is 0 Å². The van der Waals surface area contributed by atoms with Crippen LogP contribution in [0.1, 0.15) is 5.56 Å². The zero-order chi connectivity index (χ0) is 22.0. The first-order chi connectivity index (χ1) is 14.9. The third-order valence-corrected chi connectivity index (χ3v) is 4.55. The molecule has 31 heavy (non-hydrogen) atoms. The number of para-hydroxylation sites is 1. The third-order valence-electron chi connectivity index (χ3n) is 4.55. The molecule has 0 unspecified atom stereocenters. The van der Waals surface area contributed by atoms with E-state index in [0.29, 0.717) is 11.3 Å². The number of imidazole rings is 1. The molecule has 4 rings (SSSR count). The first-order valence-electron chi connectivity index (χ1n) is 9.07. The Morgan fingerprint density at radius 2 is 1.68 bits per heavy atom. The minimum absolute atomic E-state index is 0.0441. The fourth-order valence-corrected chi connectivity index (χ4v) is 3.08. The number of hydrogen-bond donors (Lipinski definition) is 0. The van der Waals surface area contributed by atoms with E-state index in [-0.39, 0.29) is 29.1 Å². The van der Waals surface area contributed by atoms with Gasteiger partial charge < -0.3 is 4.74 Å². The number of nitro groups is 2. The lowest BCUT2D eigenvalue weighted by Crippen LogP contribution is -2.12. The van der Waals surface area contributed by atoms with Gasteiger partial charge in [-0.1, -0.05) is 18.2 Å². The van der Waals surface area contributed by atoms with Gasteiger partial charge in [-0.25, -0.2) is 4.98 Å². The van der Waals surface area contributed by atoms with E-state index in [1.165, 1.54) is 30.5 Å². The summed E-state index contributed by atoms with van der Waals surface area (Å²) >= 11 is 0. The van der Waals surface area contributed by atoms with Gasteiger partial charge in [0, 0.05) is 29.5 Å². The second-order valence-corrected chi connectivity index (χ2v) is 6.60. The summed E-state index contributed by atoms with van der Waals surface area (Å²) in [6.45, 7) is 0. The average Bonchev–Trinajstić information content (AvgIpc) is 3.17. The molecule has 154 valence electrons. The van der Waals surface area contributed by atoms with Crippen LogP contribution in [0.3, 0.4) is 0 Å². The van der Waals surface area contributed by atoms with E-state index in [4.69, 9.17) is 4.74 Å². The van der Waals surface area contributed by atoms with Crippen LogP contribution in [0, 0.1) is 20.2 Å². The zero-order valence-corrected chi connectivity index (χ0v) is 15.9. The molecule has 0 aliphatic heterocycles. The average molecular weight is 418 g/mol. The van der Waals surface area contributed by atoms with E-state index in [0.717, 1.165) is 5.56 Å². The highest BCUT2D eigenvalue weighted by molar-refractivity contribution is 5.77. The third kappa shape index (κ3) is 4.22. The monoisotopic (exact) mass is 418 g/mol. The van der Waals surface area contributed by atoms with Gasteiger partial charge in [-0.2, -0.15) is 0 Å². The van der Waals surface area contributed by atoms with Crippen molar-refractivity contribution >= 4 is 23.0 Å². The van der Waals surface area contributed by atoms with Gasteiger partial charge in [-0.05, 0) is 30.3 Å². The number of fused-ring (bicyclic) bond motifs is 1. The number of rotatable bonds is 6. The summed E-state index contributed by atoms with van der Waals surface area (Å²) in [5, 5.41) is 22.0. The molecule has 0 amide bonds. The second kappa shape index (κ2) is 8.03. The molecule has 2 aromatic carbocycles. The van der Waals surface area contributed by atoms with Crippen LogP contribution in [0.25, 0.3) is 16.9 Å². The van der Waals surface area contributed by atoms with Crippen molar-refractivity contribution < 1.29 is 19.4 Å². The molecule has 0 spiro atoms. The molecule has 0 radical (unpaired) electrons. The maximum Gasteiger partial charge on any atom is 0.315 e. The van der Waals surface area contributed by atoms with Gasteiger partial charge in [-0.15, -0.1) is 0 Å². The predicted octanol–water partition coefficient (Wildman–Crippen LogP) is 3.97. The standard InChI is InChI=1S/C21H14N4O6/c26-21(11-15-3-1-2-4-19(15)25(29)30)31-17-8-5-14(6-9-17)18-13-23-12-16(24(27)28)7-10-20(23)22-18/h1-10,12-13H,11H2. The molecule has 0 atom stereocenters. The molecule has 0 N–H and O–H groups in total. The van der Waals surface area contributed by atoms with Crippen molar-refractivity contribution in [2.45, 2.75) is 6.42 Å². The molecular formula is C21H14N4O6. The summed E-state index contributed by atoms with van der Waals surface area (Å²) in [6.07, 6.45) is 2.81. The van der Waals surface area contributed by atoms with E-state index >= 15 is 0 Å². The minimum atomic E-state index is -0.623. The molecule has 4 aromatic rings. The maximum absolute atomic E-state index is 12.2. The number of nitro benzene ring substituents is 1. The van der Waals surface area contributed by atoms with Crippen LogP contribution in [0.4, 0.5) is 11.4 Å². The number of ether oxygens (including phenoxy) is 1. The Balaban J connectivity index is 1.48. The van der Waals surface area contributed by atoms with E-state index < -0.39 is 15.8 Å². The lowest BCUT2D eigenvalue weighted by atomic mass is 10.1. The SMILES string of the molecule is O=C(Cc1ccccc1[N+](=O)[O-])Oc1ccc(-c2cn3cc([N+](=O)[O-])ccc3n2)cc1. The van der Waals surface area contributed by atoms with E-state index in [1.54, 1.807) is 47.0 Å². The van der Waals surface area contributed by atoms with Crippen molar-refractivity contribution in [2.75, 3.05) is 0 Å². The molecule has 2 heterocycles. The summed E-state index contributed by atoms with van der Waals surface area (Å²) in [7, 11) is 0. The van der Waals surface area contributed by atoms with Crippen LogP contribution >= 0.6 is 0 Å². The number of carbonyl (C=O) groups excluding carboxylic acids is 1. The van der Waals surface area contributed by atoms with Crippen molar-refractivity contribution in [3.05, 3.63) is 98.8 Å². The number of aromatic nitrogens is 2. The molecule has 0 saturated heterocycles. The highest BCUT2D eigenvalue weighted by Crippen LogP contribution is 2.24. The topological polar surface area (TPSA) is 130 Å². The largest absolute Gasteiger partial charge is 0.426 e. The molecule has 10 heteroatoms. The van der Waals surface area contributed by atoms with Gasteiger partial charge in [0.1, 0.15) is 11.4 Å². The Morgan fingerprint density at radius 1 is 0.935 bits per heavy atom. The quantitative estimate of drug-likeness (QED) is 0.200. The highest BCUT2D eigenvalue weighted by Gasteiger charge is 2.17. The number of benzene rings is 2. The van der Waals surface area contributed by atoms with Gasteiger partial charge in [0.15, 0.2) is 0 Å². The molecule has 0 aliphatic rings. The van der Waals surface area contributed by atoms with Crippen LogP contribution in [0.2, 0.25) is 0 Å². The molecule has 0 aliphatic carbocycles. The first-order valence-corrected chi connectivity index (χ1v) is 9.07. The number of nitrogens with zero attached hydrogens (tertiary/aromatic N) is 4. The van der Waals surface area contributed by atoms with Crippen LogP contribution in [-0.2, 0) is 11.2 Å². The van der Waals surface area contributed by atoms with Crippen molar-refractivity contribution in [1.29, 1.82) is 0 Å². The number of pyridine rings is 1. The Bertz CT molecular complexity index is 1310. The van der Waals surface area contributed by atoms with Crippen LogP contribution < -0.4 is 4.74 Å². The minimum Gasteiger partial charge on any atom is -0.426 e. The van der Waals surface area contributed by atoms with Crippen molar-refractivity contribution in [3.8, 4) is 17.0 Å². The van der Waals surface area contributed by atoms with E-state index in [2.05, 4.69) is 4.98 Å². The molecule has 0 fully saturated rings. The molecule has 0 saturated carbocycles. The Labute approximate surface area is 174 Å². The summed E-state index contributed by atoms with van der Waals surface area (Å²) < 4.78 is 6.85. The van der Waals surface area contributed by atoms with Crippen LogP contribution in [-0.4, -0.2) is 25.2 Å².